The minimum absolute atomic E-state index is 0.00918. The Morgan fingerprint density at radius 1 is 1.00 bits per heavy atom. The lowest BCUT2D eigenvalue weighted by molar-refractivity contribution is -0.125. The zero-order valence-electron chi connectivity index (χ0n) is 13.0. The van der Waals surface area contributed by atoms with E-state index in [1.54, 1.807) is 0 Å². The maximum Gasteiger partial charge on any atom is 0.237 e. The van der Waals surface area contributed by atoms with Crippen LogP contribution < -0.4 is 10.6 Å². The molecule has 0 radical (unpaired) electrons. The second kappa shape index (κ2) is 7.10. The molecular weight excluding hydrogens is 264 g/mol. The predicted molar refractivity (Wildman–Crippen MR) is 82.9 cm³/mol. The van der Waals surface area contributed by atoms with Crippen molar-refractivity contribution in [2.45, 2.75) is 82.4 Å². The van der Waals surface area contributed by atoms with Crippen LogP contribution in [0.15, 0.2) is 0 Å². The van der Waals surface area contributed by atoms with Crippen LogP contribution in [0.1, 0.15) is 64.2 Å². The van der Waals surface area contributed by atoms with Crippen molar-refractivity contribution in [3.05, 3.63) is 0 Å². The topological polar surface area (TPSA) is 61.4 Å². The summed E-state index contributed by atoms with van der Waals surface area (Å²) in [5.41, 5.74) is 0. The van der Waals surface area contributed by atoms with Crippen molar-refractivity contribution >= 4 is 5.91 Å². The van der Waals surface area contributed by atoms with Crippen LogP contribution in [0.2, 0.25) is 0 Å². The smallest absolute Gasteiger partial charge is 0.237 e. The molecule has 0 aromatic rings. The van der Waals surface area contributed by atoms with E-state index in [4.69, 9.17) is 0 Å². The number of aliphatic hydroxyl groups excluding tert-OH is 1. The number of hydrogen-bond donors (Lipinski definition) is 3. The largest absolute Gasteiger partial charge is 0.393 e. The molecule has 1 saturated heterocycles. The van der Waals surface area contributed by atoms with Gasteiger partial charge in [0.05, 0.1) is 12.1 Å². The third-order valence-corrected chi connectivity index (χ3v) is 5.87. The summed E-state index contributed by atoms with van der Waals surface area (Å²) < 4.78 is 0. The highest BCUT2D eigenvalue weighted by Crippen LogP contribution is 2.32. The molecule has 1 amide bonds. The Labute approximate surface area is 128 Å². The summed E-state index contributed by atoms with van der Waals surface area (Å²) in [7, 11) is 0. The van der Waals surface area contributed by atoms with Crippen molar-refractivity contribution in [3.63, 3.8) is 0 Å². The number of carbonyl (C=O) groups is 1. The molecule has 3 rings (SSSR count). The molecule has 0 bridgehead atoms. The Morgan fingerprint density at radius 2 is 1.76 bits per heavy atom. The molecule has 0 spiro atoms. The number of nitrogens with one attached hydrogen (secondary N) is 2. The molecule has 21 heavy (non-hydrogen) atoms. The van der Waals surface area contributed by atoms with Crippen LogP contribution in [0, 0.1) is 11.8 Å². The molecule has 3 aliphatic rings. The first-order valence-corrected chi connectivity index (χ1v) is 8.96. The van der Waals surface area contributed by atoms with E-state index in [0.717, 1.165) is 31.6 Å². The van der Waals surface area contributed by atoms with Crippen LogP contribution in [0.5, 0.6) is 0 Å². The van der Waals surface area contributed by atoms with Gasteiger partial charge in [-0.15, -0.1) is 0 Å². The fourth-order valence-electron chi connectivity index (χ4n) is 4.48. The highest BCUT2D eigenvalue weighted by atomic mass is 16.3. The Kier molecular flexibility index (Phi) is 5.17. The van der Waals surface area contributed by atoms with Gasteiger partial charge in [-0.2, -0.15) is 0 Å². The van der Waals surface area contributed by atoms with Crippen molar-refractivity contribution in [1.29, 1.82) is 0 Å². The predicted octanol–water partition coefficient (Wildman–Crippen LogP) is 1.96. The second-order valence-electron chi connectivity index (χ2n) is 7.30. The number of hydrogen-bond acceptors (Lipinski definition) is 3. The summed E-state index contributed by atoms with van der Waals surface area (Å²) >= 11 is 0. The zero-order chi connectivity index (χ0) is 14.7. The first-order chi connectivity index (χ1) is 10.2. The van der Waals surface area contributed by atoms with Gasteiger partial charge in [-0.3, -0.25) is 4.79 Å². The Morgan fingerprint density at radius 3 is 2.62 bits per heavy atom. The second-order valence-corrected chi connectivity index (χ2v) is 7.30. The standard InChI is InChI=1S/C17H30N2O2/c20-16-8-4-2-6-13(16)11-18-17(21)15-10-9-12-5-1-3-7-14(12)19-15/h12-16,19-20H,1-11H2,(H,18,21). The molecule has 2 saturated carbocycles. The van der Waals surface area contributed by atoms with Crippen molar-refractivity contribution in [3.8, 4) is 0 Å². The Balaban J connectivity index is 1.44. The molecule has 4 heteroatoms. The number of fused-ring (bicyclic) bond motifs is 1. The Hall–Kier alpha value is -0.610. The van der Waals surface area contributed by atoms with Gasteiger partial charge in [-0.1, -0.05) is 25.7 Å². The molecule has 2 aliphatic carbocycles. The van der Waals surface area contributed by atoms with E-state index >= 15 is 0 Å². The molecular formula is C17H30N2O2. The van der Waals surface area contributed by atoms with Crippen molar-refractivity contribution in [2.24, 2.45) is 11.8 Å². The SMILES string of the molecule is O=C(NCC1CCCCC1O)C1CCC2CCCCC2N1. The normalized spacial score (nSPS) is 40.3. The van der Waals surface area contributed by atoms with Crippen LogP contribution in [0.3, 0.4) is 0 Å². The maximum absolute atomic E-state index is 12.4. The minimum atomic E-state index is -0.221. The highest BCUT2D eigenvalue weighted by Gasteiger charge is 2.34. The third-order valence-electron chi connectivity index (χ3n) is 5.87. The van der Waals surface area contributed by atoms with E-state index in [1.165, 1.54) is 38.5 Å². The quantitative estimate of drug-likeness (QED) is 0.746. The van der Waals surface area contributed by atoms with Crippen molar-refractivity contribution < 1.29 is 9.90 Å². The van der Waals surface area contributed by atoms with Crippen LogP contribution in [-0.4, -0.2) is 35.7 Å². The van der Waals surface area contributed by atoms with Crippen LogP contribution >= 0.6 is 0 Å². The first-order valence-electron chi connectivity index (χ1n) is 8.96. The molecule has 4 nitrogen and oxygen atoms in total. The van der Waals surface area contributed by atoms with Crippen molar-refractivity contribution in [1.82, 2.24) is 10.6 Å². The fraction of sp³-hybridized carbons (Fsp3) is 0.941. The van der Waals surface area contributed by atoms with Gasteiger partial charge >= 0.3 is 0 Å². The number of carbonyl (C=O) groups excluding carboxylic acids is 1. The van der Waals surface area contributed by atoms with Gasteiger partial charge in [0, 0.05) is 18.5 Å². The van der Waals surface area contributed by atoms with E-state index in [1.807, 2.05) is 0 Å². The van der Waals surface area contributed by atoms with Crippen molar-refractivity contribution in [2.75, 3.05) is 6.54 Å². The van der Waals surface area contributed by atoms with E-state index in [-0.39, 0.29) is 24.0 Å². The fourth-order valence-corrected chi connectivity index (χ4v) is 4.48. The molecule has 0 aromatic heterocycles. The first kappa shape index (κ1) is 15.3. The molecule has 3 fully saturated rings. The summed E-state index contributed by atoms with van der Waals surface area (Å²) in [4.78, 5) is 12.4. The summed E-state index contributed by atoms with van der Waals surface area (Å²) in [5.74, 6) is 1.20. The van der Waals surface area contributed by atoms with Crippen LogP contribution in [0.25, 0.3) is 0 Å². The number of aliphatic hydroxyl groups is 1. The van der Waals surface area contributed by atoms with E-state index in [0.29, 0.717) is 12.6 Å². The summed E-state index contributed by atoms with van der Waals surface area (Å²) in [6.45, 7) is 0.645. The number of rotatable bonds is 3. The molecule has 3 N–H and O–H groups in total. The van der Waals surface area contributed by atoms with Crippen LogP contribution in [-0.2, 0) is 4.79 Å². The lowest BCUT2D eigenvalue weighted by atomic mass is 9.77. The van der Waals surface area contributed by atoms with Gasteiger partial charge in [0.15, 0.2) is 0 Å². The van der Waals surface area contributed by atoms with Gasteiger partial charge in [0.1, 0.15) is 0 Å². The van der Waals surface area contributed by atoms with Gasteiger partial charge in [0.25, 0.3) is 0 Å². The van der Waals surface area contributed by atoms with Crippen LogP contribution in [0.4, 0.5) is 0 Å². The zero-order valence-corrected chi connectivity index (χ0v) is 13.0. The lowest BCUT2D eigenvalue weighted by Gasteiger charge is -2.40. The van der Waals surface area contributed by atoms with Gasteiger partial charge in [-0.05, 0) is 44.4 Å². The van der Waals surface area contributed by atoms with E-state index < -0.39 is 0 Å². The molecule has 0 aromatic carbocycles. The number of piperidine rings is 1. The summed E-state index contributed by atoms with van der Waals surface area (Å²) in [5, 5.41) is 16.6. The third kappa shape index (κ3) is 3.78. The maximum atomic E-state index is 12.4. The highest BCUT2D eigenvalue weighted by molar-refractivity contribution is 5.81. The average Bonchev–Trinajstić information content (AvgIpc) is 2.53. The molecule has 5 atom stereocenters. The summed E-state index contributed by atoms with van der Waals surface area (Å²) in [6, 6.07) is 0.550. The molecule has 1 aliphatic heterocycles. The van der Waals surface area contributed by atoms with Gasteiger partial charge < -0.3 is 15.7 Å². The number of amides is 1. The lowest BCUT2D eigenvalue weighted by Crippen LogP contribution is -2.55. The van der Waals surface area contributed by atoms with E-state index in [9.17, 15) is 9.90 Å². The average molecular weight is 294 g/mol. The molecule has 120 valence electrons. The monoisotopic (exact) mass is 294 g/mol. The Bertz CT molecular complexity index is 361. The molecule has 1 heterocycles. The summed E-state index contributed by atoms with van der Waals surface area (Å²) in [6.07, 6.45) is 11.4. The van der Waals surface area contributed by atoms with E-state index in [2.05, 4.69) is 10.6 Å². The minimum Gasteiger partial charge on any atom is -0.393 e. The molecule has 5 unspecified atom stereocenters. The van der Waals surface area contributed by atoms with Gasteiger partial charge in [0.2, 0.25) is 5.91 Å². The van der Waals surface area contributed by atoms with Gasteiger partial charge in [-0.25, -0.2) is 0 Å².